The monoisotopic (exact) mass is 230 g/mol. The fraction of sp³-hybridized carbons (Fsp3) is 0.500. The third-order valence-electron chi connectivity index (χ3n) is 1.94. The summed E-state index contributed by atoms with van der Waals surface area (Å²) in [6, 6.07) is 1.96. The Hall–Kier alpha value is -0.410. The van der Waals surface area contributed by atoms with Gasteiger partial charge in [-0.15, -0.1) is 0 Å². The van der Waals surface area contributed by atoms with Crippen molar-refractivity contribution in [1.82, 2.24) is 4.98 Å². The number of thioether (sulfide) groups is 1. The first-order valence-corrected chi connectivity index (χ1v) is 6.37. The van der Waals surface area contributed by atoms with Crippen LogP contribution in [-0.2, 0) is 0 Å². The topological polar surface area (TPSA) is 24.9 Å². The Morgan fingerprint density at radius 3 is 3.00 bits per heavy atom. The van der Waals surface area contributed by atoms with Gasteiger partial charge < -0.3 is 5.32 Å². The van der Waals surface area contributed by atoms with Crippen LogP contribution < -0.4 is 5.32 Å². The normalized spacial score (nSPS) is 10.2. The van der Waals surface area contributed by atoms with Crippen LogP contribution in [0.3, 0.4) is 0 Å². The number of aryl methyl sites for hydroxylation is 1. The number of nitrogens with one attached hydrogen (secondary N) is 1. The van der Waals surface area contributed by atoms with Crippen LogP contribution in [0.4, 0.5) is 5.69 Å². The average molecular weight is 231 g/mol. The van der Waals surface area contributed by atoms with Crippen molar-refractivity contribution in [3.63, 3.8) is 0 Å². The summed E-state index contributed by atoms with van der Waals surface area (Å²) in [5.74, 6) is 1.17. The molecule has 0 fully saturated rings. The molecule has 4 heteroatoms. The number of hydrogen-bond acceptors (Lipinski definition) is 3. The molecule has 0 unspecified atom stereocenters. The maximum atomic E-state index is 5.96. The zero-order chi connectivity index (χ0) is 10.4. The predicted molar refractivity (Wildman–Crippen MR) is 65.5 cm³/mol. The van der Waals surface area contributed by atoms with E-state index in [1.165, 1.54) is 5.75 Å². The second-order valence-corrected chi connectivity index (χ2v) is 4.41. The van der Waals surface area contributed by atoms with Crippen LogP contribution in [0.2, 0.25) is 5.15 Å². The molecule has 2 nitrogen and oxygen atoms in total. The minimum absolute atomic E-state index is 0.564. The van der Waals surface area contributed by atoms with Gasteiger partial charge in [-0.3, -0.25) is 0 Å². The van der Waals surface area contributed by atoms with Gasteiger partial charge in [-0.1, -0.05) is 11.6 Å². The molecule has 0 bridgehead atoms. The smallest absolute Gasteiger partial charge is 0.152 e. The quantitative estimate of drug-likeness (QED) is 0.621. The lowest BCUT2D eigenvalue weighted by Crippen LogP contribution is -2.05. The largest absolute Gasteiger partial charge is 0.382 e. The van der Waals surface area contributed by atoms with E-state index in [-0.39, 0.29) is 0 Å². The summed E-state index contributed by atoms with van der Waals surface area (Å²) in [5.41, 5.74) is 2.12. The molecular weight excluding hydrogens is 216 g/mol. The molecule has 0 amide bonds. The molecule has 1 N–H and O–H groups in total. The summed E-state index contributed by atoms with van der Waals surface area (Å²) < 4.78 is 0. The van der Waals surface area contributed by atoms with Crippen molar-refractivity contribution >= 4 is 29.1 Å². The number of pyridine rings is 1. The maximum absolute atomic E-state index is 5.96. The van der Waals surface area contributed by atoms with Gasteiger partial charge in [-0.25, -0.2) is 4.98 Å². The van der Waals surface area contributed by atoms with E-state index in [2.05, 4.69) is 16.6 Å². The van der Waals surface area contributed by atoms with Crippen LogP contribution in [0, 0.1) is 6.92 Å². The first-order chi connectivity index (χ1) is 6.75. The van der Waals surface area contributed by atoms with Gasteiger partial charge in [-0.2, -0.15) is 11.8 Å². The van der Waals surface area contributed by atoms with Crippen molar-refractivity contribution in [3.8, 4) is 0 Å². The molecule has 0 aromatic carbocycles. The molecule has 0 saturated carbocycles. The molecule has 0 atom stereocenters. The Morgan fingerprint density at radius 1 is 1.57 bits per heavy atom. The van der Waals surface area contributed by atoms with Gasteiger partial charge in [0.15, 0.2) is 5.15 Å². The third kappa shape index (κ3) is 3.39. The van der Waals surface area contributed by atoms with Gasteiger partial charge in [0.25, 0.3) is 0 Å². The third-order valence-corrected chi connectivity index (χ3v) is 2.92. The molecule has 0 aliphatic rings. The highest BCUT2D eigenvalue weighted by molar-refractivity contribution is 7.98. The lowest BCUT2D eigenvalue weighted by molar-refractivity contribution is 0.988. The van der Waals surface area contributed by atoms with Crippen LogP contribution in [0.25, 0.3) is 0 Å². The zero-order valence-corrected chi connectivity index (χ0v) is 10.1. The van der Waals surface area contributed by atoms with Crippen molar-refractivity contribution in [3.05, 3.63) is 23.0 Å². The number of halogens is 1. The van der Waals surface area contributed by atoms with Crippen LogP contribution in [0.15, 0.2) is 12.3 Å². The van der Waals surface area contributed by atoms with Crippen molar-refractivity contribution in [1.29, 1.82) is 0 Å². The number of anilines is 1. The first kappa shape index (κ1) is 11.7. The average Bonchev–Trinajstić information content (AvgIpc) is 2.16. The van der Waals surface area contributed by atoms with E-state index in [9.17, 15) is 0 Å². The molecule has 0 spiro atoms. The predicted octanol–water partition coefficient (Wildman–Crippen LogP) is 3.21. The second kappa shape index (κ2) is 6.14. The van der Waals surface area contributed by atoms with E-state index in [1.54, 1.807) is 6.20 Å². The Kier molecular flexibility index (Phi) is 5.12. The van der Waals surface area contributed by atoms with Gasteiger partial charge in [0.2, 0.25) is 0 Å². The highest BCUT2D eigenvalue weighted by Crippen LogP contribution is 2.22. The summed E-state index contributed by atoms with van der Waals surface area (Å²) in [6.45, 7) is 2.98. The van der Waals surface area contributed by atoms with Gasteiger partial charge in [0.05, 0.1) is 5.69 Å². The van der Waals surface area contributed by atoms with Crippen molar-refractivity contribution in [2.75, 3.05) is 23.9 Å². The van der Waals surface area contributed by atoms with Crippen molar-refractivity contribution in [2.45, 2.75) is 13.3 Å². The van der Waals surface area contributed by atoms with Gasteiger partial charge >= 0.3 is 0 Å². The molecule has 78 valence electrons. The first-order valence-electron chi connectivity index (χ1n) is 4.59. The molecule has 1 aromatic heterocycles. The van der Waals surface area contributed by atoms with Crippen molar-refractivity contribution in [2.24, 2.45) is 0 Å². The van der Waals surface area contributed by atoms with E-state index >= 15 is 0 Å². The molecule has 14 heavy (non-hydrogen) atoms. The number of rotatable bonds is 5. The summed E-state index contributed by atoms with van der Waals surface area (Å²) in [4.78, 5) is 4.04. The lowest BCUT2D eigenvalue weighted by atomic mass is 10.2. The van der Waals surface area contributed by atoms with Gasteiger partial charge in [0.1, 0.15) is 0 Å². The zero-order valence-electron chi connectivity index (χ0n) is 8.51. The molecular formula is C10H15ClN2S. The SMILES string of the molecule is CSCCCNc1c(C)ccnc1Cl. The van der Waals surface area contributed by atoms with Crippen molar-refractivity contribution < 1.29 is 0 Å². The number of aromatic nitrogens is 1. The highest BCUT2D eigenvalue weighted by Gasteiger charge is 2.02. The summed E-state index contributed by atoms with van der Waals surface area (Å²) >= 11 is 7.82. The standard InChI is InChI=1S/C10H15ClN2S/c1-8-4-6-13-10(11)9(8)12-5-3-7-14-2/h4,6,12H,3,5,7H2,1-2H3. The van der Waals surface area contributed by atoms with E-state index in [0.717, 1.165) is 24.2 Å². The van der Waals surface area contributed by atoms with Crippen LogP contribution in [0.5, 0.6) is 0 Å². The molecule has 0 saturated heterocycles. The molecule has 1 rings (SSSR count). The fourth-order valence-corrected chi connectivity index (χ4v) is 1.87. The highest BCUT2D eigenvalue weighted by atomic mass is 35.5. The maximum Gasteiger partial charge on any atom is 0.152 e. The number of nitrogens with zero attached hydrogens (tertiary/aromatic N) is 1. The summed E-state index contributed by atoms with van der Waals surface area (Å²) in [7, 11) is 0. The molecule has 1 heterocycles. The van der Waals surface area contributed by atoms with E-state index in [4.69, 9.17) is 11.6 Å². The second-order valence-electron chi connectivity index (χ2n) is 3.07. The van der Waals surface area contributed by atoms with Crippen LogP contribution in [-0.4, -0.2) is 23.5 Å². The fourth-order valence-electron chi connectivity index (χ4n) is 1.17. The molecule has 1 aromatic rings. The van der Waals surface area contributed by atoms with Gasteiger partial charge in [0, 0.05) is 12.7 Å². The number of hydrogen-bond donors (Lipinski definition) is 1. The molecule has 0 aliphatic carbocycles. The Bertz CT molecular complexity index is 271. The Balaban J connectivity index is 2.49. The van der Waals surface area contributed by atoms with Gasteiger partial charge in [-0.05, 0) is 37.0 Å². The Labute approximate surface area is 94.5 Å². The molecule has 0 aliphatic heterocycles. The minimum Gasteiger partial charge on any atom is -0.382 e. The van der Waals surface area contributed by atoms with Crippen LogP contribution >= 0.6 is 23.4 Å². The van der Waals surface area contributed by atoms with E-state index < -0.39 is 0 Å². The van der Waals surface area contributed by atoms with Crippen LogP contribution in [0.1, 0.15) is 12.0 Å². The molecule has 0 radical (unpaired) electrons. The van der Waals surface area contributed by atoms with E-state index in [0.29, 0.717) is 5.15 Å². The minimum atomic E-state index is 0.564. The van der Waals surface area contributed by atoms with E-state index in [1.807, 2.05) is 24.8 Å². The lowest BCUT2D eigenvalue weighted by Gasteiger charge is -2.09. The summed E-state index contributed by atoms with van der Waals surface area (Å²) in [6.07, 6.45) is 4.98. The Morgan fingerprint density at radius 2 is 2.36 bits per heavy atom. The summed E-state index contributed by atoms with van der Waals surface area (Å²) in [5, 5.41) is 3.87.